The number of pyridine rings is 1. The Hall–Kier alpha value is -4.56. The third-order valence-corrected chi connectivity index (χ3v) is 7.78. The van der Waals surface area contributed by atoms with Crippen LogP contribution in [0.25, 0.3) is 5.69 Å². The van der Waals surface area contributed by atoms with Crippen LogP contribution in [0.3, 0.4) is 0 Å². The molecule has 1 atom stereocenters. The fourth-order valence-corrected chi connectivity index (χ4v) is 5.69. The predicted octanol–water partition coefficient (Wildman–Crippen LogP) is 5.05. The molecule has 0 saturated heterocycles. The second kappa shape index (κ2) is 11.3. The summed E-state index contributed by atoms with van der Waals surface area (Å²) in [6, 6.07) is 24.1. The molecule has 1 unspecified atom stereocenters. The van der Waals surface area contributed by atoms with E-state index >= 15 is 0 Å². The van der Waals surface area contributed by atoms with E-state index in [2.05, 4.69) is 5.32 Å². The summed E-state index contributed by atoms with van der Waals surface area (Å²) in [6.07, 6.45) is 3.67. The van der Waals surface area contributed by atoms with Gasteiger partial charge in [-0.2, -0.15) is 0 Å². The van der Waals surface area contributed by atoms with Crippen molar-refractivity contribution in [3.63, 3.8) is 0 Å². The van der Waals surface area contributed by atoms with Crippen LogP contribution in [0.4, 0.5) is 10.2 Å². The SMILES string of the molecule is Nc1c(C(=O)c2ccc(F)cc2)ccc(=O)n1-c1ccc(CNC(C(=O)O)(c2ccccc2)C2CCCC2)cc1. The second-order valence-corrected chi connectivity index (χ2v) is 10.1. The molecule has 0 aliphatic heterocycles. The normalized spacial score (nSPS) is 15.0. The van der Waals surface area contributed by atoms with Gasteiger partial charge in [0.25, 0.3) is 5.56 Å². The molecule has 40 heavy (non-hydrogen) atoms. The van der Waals surface area contributed by atoms with E-state index in [4.69, 9.17) is 5.73 Å². The number of hydrogen-bond donors (Lipinski definition) is 3. The molecule has 1 saturated carbocycles. The molecule has 0 radical (unpaired) electrons. The highest BCUT2D eigenvalue weighted by Crippen LogP contribution is 2.41. The number of aliphatic carboxylic acids is 1. The van der Waals surface area contributed by atoms with Crippen molar-refractivity contribution in [2.75, 3.05) is 5.73 Å². The summed E-state index contributed by atoms with van der Waals surface area (Å²) >= 11 is 0. The summed E-state index contributed by atoms with van der Waals surface area (Å²) in [5, 5.41) is 13.8. The van der Waals surface area contributed by atoms with Crippen LogP contribution < -0.4 is 16.6 Å². The first-order valence-corrected chi connectivity index (χ1v) is 13.3. The molecule has 1 aliphatic carbocycles. The predicted molar refractivity (Wildman–Crippen MR) is 151 cm³/mol. The first-order chi connectivity index (χ1) is 19.3. The molecule has 5 rings (SSSR count). The van der Waals surface area contributed by atoms with Crippen molar-refractivity contribution in [1.29, 1.82) is 0 Å². The first kappa shape index (κ1) is 27.0. The molecule has 7 nitrogen and oxygen atoms in total. The summed E-state index contributed by atoms with van der Waals surface area (Å²) in [5.41, 5.74) is 7.07. The van der Waals surface area contributed by atoms with Gasteiger partial charge in [-0.05, 0) is 72.4 Å². The Morgan fingerprint density at radius 2 is 1.57 bits per heavy atom. The molecule has 4 N–H and O–H groups in total. The molecule has 3 aromatic carbocycles. The van der Waals surface area contributed by atoms with Crippen LogP contribution in [0, 0.1) is 11.7 Å². The van der Waals surface area contributed by atoms with Gasteiger partial charge >= 0.3 is 5.97 Å². The number of carbonyl (C=O) groups is 2. The van der Waals surface area contributed by atoms with Crippen molar-refractivity contribution in [1.82, 2.24) is 9.88 Å². The van der Waals surface area contributed by atoms with Gasteiger partial charge in [-0.25, -0.2) is 9.18 Å². The van der Waals surface area contributed by atoms with Crippen LogP contribution in [0.1, 0.15) is 52.7 Å². The molecule has 1 fully saturated rings. The average Bonchev–Trinajstić information content (AvgIpc) is 3.50. The molecule has 8 heteroatoms. The van der Waals surface area contributed by atoms with Crippen LogP contribution in [0.2, 0.25) is 0 Å². The number of carboxylic acid groups (broad SMARTS) is 1. The van der Waals surface area contributed by atoms with Crippen molar-refractivity contribution in [3.05, 3.63) is 129 Å². The number of nitrogens with one attached hydrogen (secondary N) is 1. The lowest BCUT2D eigenvalue weighted by atomic mass is 9.76. The number of carbonyl (C=O) groups excluding carboxylic acids is 1. The zero-order valence-corrected chi connectivity index (χ0v) is 21.8. The maximum Gasteiger partial charge on any atom is 0.328 e. The van der Waals surface area contributed by atoms with Crippen molar-refractivity contribution < 1.29 is 19.1 Å². The average molecular weight is 540 g/mol. The van der Waals surface area contributed by atoms with E-state index in [1.165, 1.54) is 41.0 Å². The number of ketones is 1. The Morgan fingerprint density at radius 3 is 2.20 bits per heavy atom. The molecule has 1 aliphatic rings. The number of nitrogens with zero attached hydrogens (tertiary/aromatic N) is 1. The number of rotatable bonds is 9. The fourth-order valence-electron chi connectivity index (χ4n) is 5.69. The smallest absolute Gasteiger partial charge is 0.328 e. The van der Waals surface area contributed by atoms with Gasteiger partial charge in [0.2, 0.25) is 0 Å². The molecule has 1 aromatic heterocycles. The Morgan fingerprint density at radius 1 is 0.925 bits per heavy atom. The number of hydrogen-bond acceptors (Lipinski definition) is 5. The minimum absolute atomic E-state index is 0.0251. The standard InChI is InChI=1S/C32H30FN3O4/c33-25-14-12-22(13-15-25)29(38)27-18-19-28(37)36(30(27)34)26-16-10-21(11-17-26)20-35-32(31(39)40,24-8-4-5-9-24)23-6-2-1-3-7-23/h1-3,6-7,10-19,24,35H,4-5,8-9,20,34H2,(H,39,40). The van der Waals surface area contributed by atoms with Crippen LogP contribution in [-0.4, -0.2) is 21.4 Å². The minimum atomic E-state index is -1.22. The molecule has 0 bridgehead atoms. The van der Waals surface area contributed by atoms with Crippen LogP contribution in [0.15, 0.2) is 95.8 Å². The van der Waals surface area contributed by atoms with E-state index in [0.29, 0.717) is 12.2 Å². The molecular weight excluding hydrogens is 509 g/mol. The first-order valence-electron chi connectivity index (χ1n) is 13.3. The molecule has 1 heterocycles. The Kier molecular flexibility index (Phi) is 7.62. The highest BCUT2D eigenvalue weighted by molar-refractivity contribution is 6.11. The third kappa shape index (κ3) is 5.05. The van der Waals surface area contributed by atoms with Gasteiger partial charge in [0, 0.05) is 18.2 Å². The quantitative estimate of drug-likeness (QED) is 0.257. The number of benzene rings is 3. The summed E-state index contributed by atoms with van der Waals surface area (Å²) in [7, 11) is 0. The largest absolute Gasteiger partial charge is 0.480 e. The molecule has 204 valence electrons. The number of halogens is 1. The lowest BCUT2D eigenvalue weighted by Gasteiger charge is -2.37. The van der Waals surface area contributed by atoms with E-state index < -0.39 is 28.7 Å². The number of carboxylic acids is 1. The van der Waals surface area contributed by atoms with Gasteiger partial charge in [0.15, 0.2) is 5.78 Å². The number of nitrogen functional groups attached to an aromatic ring is 1. The summed E-state index contributed by atoms with van der Waals surface area (Å²) < 4.78 is 14.6. The Bertz CT molecular complexity index is 1580. The summed E-state index contributed by atoms with van der Waals surface area (Å²) in [4.78, 5) is 38.6. The van der Waals surface area contributed by atoms with E-state index in [1.807, 2.05) is 30.3 Å². The zero-order valence-electron chi connectivity index (χ0n) is 21.8. The van der Waals surface area contributed by atoms with Gasteiger partial charge in [0.1, 0.15) is 17.2 Å². The summed E-state index contributed by atoms with van der Waals surface area (Å²) in [5.74, 6) is -1.85. The fraction of sp³-hybridized carbons (Fsp3) is 0.219. The third-order valence-electron chi connectivity index (χ3n) is 7.78. The van der Waals surface area contributed by atoms with Crippen molar-refractivity contribution in [3.8, 4) is 5.69 Å². The van der Waals surface area contributed by atoms with E-state index in [1.54, 1.807) is 24.3 Å². The van der Waals surface area contributed by atoms with Crippen LogP contribution >= 0.6 is 0 Å². The maximum atomic E-state index is 13.3. The molecular formula is C32H30FN3O4. The second-order valence-electron chi connectivity index (χ2n) is 10.1. The Labute approximate surface area is 231 Å². The van der Waals surface area contributed by atoms with Crippen LogP contribution in [0.5, 0.6) is 0 Å². The van der Waals surface area contributed by atoms with Crippen LogP contribution in [-0.2, 0) is 16.9 Å². The van der Waals surface area contributed by atoms with E-state index in [9.17, 15) is 23.9 Å². The lowest BCUT2D eigenvalue weighted by molar-refractivity contribution is -0.148. The Balaban J connectivity index is 1.42. The van der Waals surface area contributed by atoms with Gasteiger partial charge in [0.05, 0.1) is 11.3 Å². The summed E-state index contributed by atoms with van der Waals surface area (Å²) in [6.45, 7) is 0.297. The molecule has 0 spiro atoms. The highest BCUT2D eigenvalue weighted by Gasteiger charge is 2.47. The van der Waals surface area contributed by atoms with Crippen molar-refractivity contribution in [2.45, 2.75) is 37.8 Å². The van der Waals surface area contributed by atoms with E-state index in [0.717, 1.165) is 36.8 Å². The minimum Gasteiger partial charge on any atom is -0.480 e. The molecule has 4 aromatic rings. The van der Waals surface area contributed by atoms with Gasteiger partial charge < -0.3 is 10.8 Å². The number of aromatic nitrogens is 1. The van der Waals surface area contributed by atoms with Gasteiger partial charge in [-0.15, -0.1) is 0 Å². The lowest BCUT2D eigenvalue weighted by Crippen LogP contribution is -2.53. The monoisotopic (exact) mass is 539 g/mol. The number of anilines is 1. The number of nitrogens with two attached hydrogens (primary N) is 1. The van der Waals surface area contributed by atoms with Crippen molar-refractivity contribution >= 4 is 17.6 Å². The maximum absolute atomic E-state index is 13.3. The topological polar surface area (TPSA) is 114 Å². The molecule has 0 amide bonds. The van der Waals surface area contributed by atoms with Gasteiger partial charge in [-0.1, -0.05) is 55.3 Å². The van der Waals surface area contributed by atoms with Crippen molar-refractivity contribution in [2.24, 2.45) is 5.92 Å². The highest BCUT2D eigenvalue weighted by atomic mass is 19.1. The van der Waals surface area contributed by atoms with Gasteiger partial charge in [-0.3, -0.25) is 19.5 Å². The van der Waals surface area contributed by atoms with E-state index in [-0.39, 0.29) is 22.9 Å². The zero-order chi connectivity index (χ0) is 28.3.